The van der Waals surface area contributed by atoms with Crippen LogP contribution in [0.5, 0.6) is 0 Å². The normalized spacial score (nSPS) is 10.7. The summed E-state index contributed by atoms with van der Waals surface area (Å²) in [6.07, 6.45) is 0. The summed E-state index contributed by atoms with van der Waals surface area (Å²) in [5, 5.41) is 3.97. The van der Waals surface area contributed by atoms with E-state index >= 15 is 0 Å². The summed E-state index contributed by atoms with van der Waals surface area (Å²) in [4.78, 5) is 34.7. The molecule has 0 heterocycles. The van der Waals surface area contributed by atoms with E-state index < -0.39 is 114 Å². The summed E-state index contributed by atoms with van der Waals surface area (Å²) in [6, 6.07) is -1.06. The van der Waals surface area contributed by atoms with Crippen molar-refractivity contribution in [2.24, 2.45) is 0 Å². The Morgan fingerprint density at radius 1 is 0.472 bits per heavy atom. The molecule has 0 aliphatic heterocycles. The number of halogens is 10. The van der Waals surface area contributed by atoms with Gasteiger partial charge in [0, 0.05) is 0 Å². The first-order chi connectivity index (χ1) is 16.8. The summed E-state index contributed by atoms with van der Waals surface area (Å²) in [7, 11) is 0. The lowest BCUT2D eigenvalue weighted by atomic mass is 10.1. The molecule has 0 saturated carbocycles. The quantitative estimate of drug-likeness (QED) is 0.178. The number of rotatable bonds is 8. The van der Waals surface area contributed by atoms with E-state index in [1.54, 1.807) is 0 Å². The van der Waals surface area contributed by atoms with Gasteiger partial charge in [-0.15, -0.1) is 0 Å². The predicted octanol–water partition coefficient (Wildman–Crippen LogP) is 3.39. The number of hydrogen-bond donors (Lipinski definition) is 2. The minimum atomic E-state index is -2.49. The molecule has 2 N–H and O–H groups in total. The van der Waals surface area contributed by atoms with Crippen molar-refractivity contribution in [3.8, 4) is 0 Å². The van der Waals surface area contributed by atoms with E-state index in [0.717, 1.165) is 0 Å². The topological polar surface area (TPSA) is 93.7 Å². The Hall–Kier alpha value is -4.05. The highest BCUT2D eigenvalue weighted by Crippen LogP contribution is 2.24. The van der Waals surface area contributed by atoms with Crippen LogP contribution in [0.15, 0.2) is 0 Å². The highest BCUT2D eigenvalue weighted by molar-refractivity contribution is 5.90. The highest BCUT2D eigenvalue weighted by atomic mass is 19.2. The van der Waals surface area contributed by atoms with Gasteiger partial charge in [-0.25, -0.2) is 58.3 Å². The molecule has 7 nitrogen and oxygen atoms in total. The maximum absolute atomic E-state index is 13.5. The van der Waals surface area contributed by atoms with Crippen molar-refractivity contribution in [3.05, 3.63) is 69.3 Å². The third-order valence-corrected chi connectivity index (χ3v) is 4.07. The van der Waals surface area contributed by atoms with Crippen LogP contribution in [-0.2, 0) is 9.47 Å². The second-order valence-electron chi connectivity index (χ2n) is 6.34. The first kappa shape index (κ1) is 28.2. The first-order valence-corrected chi connectivity index (χ1v) is 9.19. The number of ether oxygens (including phenoxy) is 2. The number of urea groups is 1. The number of nitrogens with one attached hydrogen (secondary N) is 2. The van der Waals surface area contributed by atoms with Crippen LogP contribution >= 0.6 is 0 Å². The van der Waals surface area contributed by atoms with Crippen molar-refractivity contribution in [1.82, 2.24) is 10.6 Å². The van der Waals surface area contributed by atoms with Gasteiger partial charge in [-0.05, 0) is 0 Å². The summed E-state index contributed by atoms with van der Waals surface area (Å²) in [5.41, 5.74) is -3.71. The highest BCUT2D eigenvalue weighted by Gasteiger charge is 2.31. The van der Waals surface area contributed by atoms with Gasteiger partial charge in [0.15, 0.2) is 46.5 Å². The maximum Gasteiger partial charge on any atom is 0.344 e. The lowest BCUT2D eigenvalue weighted by molar-refractivity contribution is 0.0491. The molecule has 36 heavy (non-hydrogen) atoms. The van der Waals surface area contributed by atoms with Gasteiger partial charge in [0.2, 0.25) is 11.6 Å². The number of amides is 2. The average molecular weight is 536 g/mol. The Labute approximate surface area is 193 Å². The maximum atomic E-state index is 13.5. The zero-order chi connectivity index (χ0) is 27.3. The van der Waals surface area contributed by atoms with Crippen LogP contribution in [0.3, 0.4) is 0 Å². The number of benzene rings is 2. The third-order valence-electron chi connectivity index (χ3n) is 4.07. The van der Waals surface area contributed by atoms with Crippen LogP contribution in [0.2, 0.25) is 0 Å². The molecular formula is C19H10F10N2O5. The summed E-state index contributed by atoms with van der Waals surface area (Å²) < 4.78 is 141. The minimum absolute atomic E-state index is 0.558. The Morgan fingerprint density at radius 2 is 0.722 bits per heavy atom. The molecule has 2 amide bonds. The van der Waals surface area contributed by atoms with E-state index in [-0.39, 0.29) is 0 Å². The van der Waals surface area contributed by atoms with Gasteiger partial charge in [0.05, 0.1) is 13.1 Å². The molecular weight excluding hydrogens is 526 g/mol. The number of carbonyl (C=O) groups is 3. The summed E-state index contributed by atoms with van der Waals surface area (Å²) in [6.45, 7) is -2.73. The van der Waals surface area contributed by atoms with Gasteiger partial charge in [-0.3, -0.25) is 0 Å². The molecule has 2 rings (SSSR count). The molecule has 0 atom stereocenters. The van der Waals surface area contributed by atoms with Crippen LogP contribution in [-0.4, -0.2) is 44.3 Å². The summed E-state index contributed by atoms with van der Waals surface area (Å²) in [5.74, 6) is -28.0. The van der Waals surface area contributed by atoms with E-state index in [1.165, 1.54) is 0 Å². The van der Waals surface area contributed by atoms with Crippen LogP contribution in [0, 0.1) is 58.2 Å². The van der Waals surface area contributed by atoms with Gasteiger partial charge in [0.1, 0.15) is 24.3 Å². The number of carbonyl (C=O) groups excluding carboxylic acids is 3. The van der Waals surface area contributed by atoms with Crippen molar-refractivity contribution in [2.45, 2.75) is 0 Å². The smallest absolute Gasteiger partial charge is 0.344 e. The fourth-order valence-electron chi connectivity index (χ4n) is 2.39. The van der Waals surface area contributed by atoms with Crippen molar-refractivity contribution in [3.63, 3.8) is 0 Å². The predicted molar refractivity (Wildman–Crippen MR) is 94.4 cm³/mol. The fraction of sp³-hybridized carbons (Fsp3) is 0.211. The van der Waals surface area contributed by atoms with Crippen molar-refractivity contribution in [2.75, 3.05) is 26.3 Å². The Kier molecular flexibility index (Phi) is 9.07. The SMILES string of the molecule is O=C(NCCOC(=O)c1c(F)c(F)c(F)c(F)c1F)NCCOC(=O)c1c(F)c(F)c(F)c(F)c1F. The minimum Gasteiger partial charge on any atom is -0.460 e. The monoisotopic (exact) mass is 536 g/mol. The molecule has 0 fully saturated rings. The van der Waals surface area contributed by atoms with Gasteiger partial charge >= 0.3 is 18.0 Å². The van der Waals surface area contributed by atoms with Gasteiger partial charge in [-0.1, -0.05) is 0 Å². The summed E-state index contributed by atoms with van der Waals surface area (Å²) >= 11 is 0. The molecule has 0 radical (unpaired) electrons. The lowest BCUT2D eigenvalue weighted by Crippen LogP contribution is -2.39. The average Bonchev–Trinajstić information content (AvgIpc) is 2.84. The molecule has 196 valence electrons. The van der Waals surface area contributed by atoms with Crippen LogP contribution in [0.25, 0.3) is 0 Å². The van der Waals surface area contributed by atoms with E-state index in [9.17, 15) is 58.3 Å². The van der Waals surface area contributed by atoms with Gasteiger partial charge in [0.25, 0.3) is 0 Å². The zero-order valence-corrected chi connectivity index (χ0v) is 17.1. The molecule has 17 heteroatoms. The third kappa shape index (κ3) is 5.77. The second-order valence-corrected chi connectivity index (χ2v) is 6.34. The second kappa shape index (κ2) is 11.6. The fourth-order valence-corrected chi connectivity index (χ4v) is 2.39. The Bertz CT molecular complexity index is 1070. The molecule has 2 aromatic rings. The lowest BCUT2D eigenvalue weighted by Gasteiger charge is -2.11. The molecule has 2 aromatic carbocycles. The number of esters is 2. The molecule has 0 unspecified atom stereocenters. The standard InChI is InChI=1S/C19H10F10N2O5/c20-7-5(8(21)12(25)15(28)11(7)24)17(32)35-3-1-30-19(34)31-2-4-36-18(33)6-9(22)13(26)16(29)14(27)10(6)23/h1-4H2,(H2,30,31,34). The molecule has 0 aromatic heterocycles. The van der Waals surface area contributed by atoms with Crippen molar-refractivity contribution in [1.29, 1.82) is 0 Å². The molecule has 0 spiro atoms. The van der Waals surface area contributed by atoms with Crippen molar-refractivity contribution < 1.29 is 67.8 Å². The van der Waals surface area contributed by atoms with Crippen LogP contribution in [0.1, 0.15) is 20.7 Å². The Balaban J connectivity index is 1.78. The van der Waals surface area contributed by atoms with Crippen LogP contribution in [0.4, 0.5) is 48.7 Å². The van der Waals surface area contributed by atoms with Gasteiger partial charge < -0.3 is 20.1 Å². The van der Waals surface area contributed by atoms with E-state index in [2.05, 4.69) is 9.47 Å². The molecule has 0 aliphatic rings. The molecule has 0 bridgehead atoms. The van der Waals surface area contributed by atoms with E-state index in [4.69, 9.17) is 0 Å². The Morgan fingerprint density at radius 3 is 1.00 bits per heavy atom. The first-order valence-electron chi connectivity index (χ1n) is 9.19. The zero-order valence-electron chi connectivity index (χ0n) is 17.1. The van der Waals surface area contributed by atoms with Crippen LogP contribution < -0.4 is 10.6 Å². The molecule has 0 saturated heterocycles. The van der Waals surface area contributed by atoms with Gasteiger partial charge in [-0.2, -0.15) is 0 Å². The van der Waals surface area contributed by atoms with E-state index in [0.29, 0.717) is 0 Å². The molecule has 0 aliphatic carbocycles. The van der Waals surface area contributed by atoms with Crippen molar-refractivity contribution >= 4 is 18.0 Å². The van der Waals surface area contributed by atoms with E-state index in [1.807, 2.05) is 10.6 Å². The largest absolute Gasteiger partial charge is 0.460 e. The number of hydrogen-bond acceptors (Lipinski definition) is 5.